The molecule has 12 heteroatoms. The minimum Gasteiger partial charge on any atom is -0.271 e. The molecule has 12 nitrogen and oxygen atoms in total. The van der Waals surface area contributed by atoms with E-state index in [0.717, 1.165) is 248 Å². The Morgan fingerprint density at radius 3 is 0.583 bits per heavy atom. The maximum Gasteiger partial charge on any atom is 0.261 e. The molecule has 8 aliphatic rings. The van der Waals surface area contributed by atoms with Crippen molar-refractivity contribution in [2.45, 2.75) is 153 Å². The fraction of sp³-hybridized carbons (Fsp3) is 0.250. The zero-order valence-electron chi connectivity index (χ0n) is 60.1. The Labute approximate surface area is 624 Å². The van der Waals surface area contributed by atoms with Gasteiger partial charge in [-0.3, -0.25) is 58.0 Å². The van der Waals surface area contributed by atoms with Gasteiger partial charge in [0.1, 0.15) is 0 Å². The third-order valence-corrected chi connectivity index (χ3v) is 25.5. The van der Waals surface area contributed by atoms with Crippen molar-refractivity contribution < 1.29 is 38.4 Å². The molecule has 13 aromatic rings. The standard InChI is InChI=1S/C50H40N2O4.C46H38N2O4/c53-47-39-23-11-21-35-37(25-27-41(45(35)39)49(55)51(47)29-13-3-1-4-14-29)43-31-17-7-9-19-33(31)44(34-20-10-8-18-32(34)43)38-26-28-42-46-36(38)22-12-24-40(46)48(54)52(50(42)56)30-15-5-2-6-16-30;49-43-37-19-9-17-35-33(23-25-39(41(35)37)45(51)47(43)27-11-3-1-4-12-27)31-21-22-32(30-16-8-7-15-29(30)31)34-24-26-40-42-36(34)18-10-20-38(42)44(50)48(46(40)52)28-13-5-2-6-14-28/h7-12,17-30H,1-6,13-16H2;7-10,15-28H,1-6,11-14H2. The van der Waals surface area contributed by atoms with Crippen molar-refractivity contribution in [1.82, 2.24) is 19.6 Å². The Hall–Kier alpha value is -11.8. The number of rotatable bonds is 8. The number of imide groups is 4. The number of carbonyl (C=O) groups excluding carboxylic acids is 8. The van der Waals surface area contributed by atoms with E-state index in [2.05, 4.69) is 84.9 Å². The van der Waals surface area contributed by atoms with Gasteiger partial charge in [0.05, 0.1) is 0 Å². The molecule has 108 heavy (non-hydrogen) atoms. The van der Waals surface area contributed by atoms with E-state index in [1.807, 2.05) is 121 Å². The predicted octanol–water partition coefficient (Wildman–Crippen LogP) is 21.8. The topological polar surface area (TPSA) is 150 Å². The zero-order valence-corrected chi connectivity index (χ0v) is 60.1. The van der Waals surface area contributed by atoms with Crippen molar-refractivity contribution >= 4 is 123 Å². The number of amides is 8. The molecule has 0 bridgehead atoms. The van der Waals surface area contributed by atoms with Crippen LogP contribution in [-0.2, 0) is 0 Å². The normalized spacial score (nSPS) is 18.1. The maximum atomic E-state index is 14.2. The van der Waals surface area contributed by atoms with Gasteiger partial charge in [-0.25, -0.2) is 0 Å². The smallest absolute Gasteiger partial charge is 0.261 e. The molecule has 4 aliphatic heterocycles. The van der Waals surface area contributed by atoms with Crippen LogP contribution in [0.2, 0.25) is 0 Å². The Morgan fingerprint density at radius 1 is 0.167 bits per heavy atom. The van der Waals surface area contributed by atoms with Gasteiger partial charge in [0.2, 0.25) is 0 Å². The molecule has 530 valence electrons. The zero-order chi connectivity index (χ0) is 72.7. The van der Waals surface area contributed by atoms with Crippen LogP contribution in [0.5, 0.6) is 0 Å². The lowest BCUT2D eigenvalue weighted by molar-refractivity contribution is 0.0487. The van der Waals surface area contributed by atoms with Gasteiger partial charge in [-0.05, 0) is 198 Å². The molecule has 0 unspecified atom stereocenters. The van der Waals surface area contributed by atoms with E-state index < -0.39 is 0 Å². The molecule has 0 aromatic heterocycles. The van der Waals surface area contributed by atoms with Crippen LogP contribution in [0.4, 0.5) is 0 Å². The Kier molecular flexibility index (Phi) is 15.8. The summed E-state index contributed by atoms with van der Waals surface area (Å²) < 4.78 is 0. The summed E-state index contributed by atoms with van der Waals surface area (Å²) >= 11 is 0. The molecule has 4 aliphatic carbocycles. The van der Waals surface area contributed by atoms with E-state index in [1.54, 1.807) is 9.80 Å². The predicted molar refractivity (Wildman–Crippen MR) is 427 cm³/mol. The van der Waals surface area contributed by atoms with E-state index in [4.69, 9.17) is 0 Å². The van der Waals surface area contributed by atoms with E-state index in [9.17, 15) is 38.4 Å². The van der Waals surface area contributed by atoms with Crippen LogP contribution in [0.25, 0.3) is 120 Å². The highest BCUT2D eigenvalue weighted by Crippen LogP contribution is 2.51. The van der Waals surface area contributed by atoms with Crippen molar-refractivity contribution in [3.05, 3.63) is 251 Å². The van der Waals surface area contributed by atoms with Gasteiger partial charge in [-0.2, -0.15) is 0 Å². The fourth-order valence-corrected chi connectivity index (χ4v) is 20.5. The third-order valence-electron chi connectivity index (χ3n) is 25.5. The first-order chi connectivity index (χ1) is 53.0. The first-order valence-corrected chi connectivity index (χ1v) is 39.2. The molecule has 4 fully saturated rings. The lowest BCUT2D eigenvalue weighted by Gasteiger charge is -2.36. The minimum atomic E-state index is -0.191. The van der Waals surface area contributed by atoms with E-state index >= 15 is 0 Å². The second-order valence-electron chi connectivity index (χ2n) is 31.2. The van der Waals surface area contributed by atoms with Crippen LogP contribution in [0.3, 0.4) is 0 Å². The van der Waals surface area contributed by atoms with Gasteiger partial charge >= 0.3 is 0 Å². The molecular formula is C96H78N4O8. The largest absolute Gasteiger partial charge is 0.271 e. The maximum absolute atomic E-state index is 14.2. The summed E-state index contributed by atoms with van der Waals surface area (Å²) in [6.45, 7) is 0. The molecule has 0 atom stereocenters. The summed E-state index contributed by atoms with van der Waals surface area (Å²) in [7, 11) is 0. The summed E-state index contributed by atoms with van der Waals surface area (Å²) in [5, 5.41) is 12.7. The number of carbonyl (C=O) groups is 8. The second-order valence-corrected chi connectivity index (χ2v) is 31.2. The molecule has 4 saturated carbocycles. The molecule has 0 spiro atoms. The Morgan fingerprint density at radius 2 is 0.343 bits per heavy atom. The van der Waals surface area contributed by atoms with Crippen LogP contribution in [0.15, 0.2) is 206 Å². The number of nitrogens with zero attached hydrogens (tertiary/aromatic N) is 4. The summed E-state index contributed by atoms with van der Waals surface area (Å²) in [6.07, 6.45) is 19.8. The van der Waals surface area contributed by atoms with E-state index in [1.165, 1.54) is 9.80 Å². The van der Waals surface area contributed by atoms with Crippen LogP contribution in [-0.4, -0.2) is 91.0 Å². The first-order valence-electron chi connectivity index (χ1n) is 39.2. The SMILES string of the molecule is O=C1c2cccc3c(-c4c5ccccc5c(-c5ccc6c7c(cccc57)C(=O)N(C5CCCCC5)C6=O)c5ccccc45)ccc(c23)C(=O)N1C1CCCCC1.O=C1c2cccc3c(-c4ccc(-c5ccc6c7c(cccc57)C(=O)N(C5CCCCC5)C6=O)c5ccccc45)ccc(c23)C(=O)N1C1CCCCC1. The summed E-state index contributed by atoms with van der Waals surface area (Å²) in [5.41, 5.74) is 12.7. The molecule has 0 N–H and O–H groups in total. The third kappa shape index (κ3) is 10.00. The average Bonchev–Trinajstić information content (AvgIpc) is 0.720. The summed E-state index contributed by atoms with van der Waals surface area (Å²) in [4.78, 5) is 119. The van der Waals surface area contributed by atoms with Crippen LogP contribution in [0, 0.1) is 0 Å². The molecule has 8 amide bonds. The number of hydrogen-bond donors (Lipinski definition) is 0. The average molecular weight is 1420 g/mol. The highest BCUT2D eigenvalue weighted by atomic mass is 16.2. The summed E-state index contributed by atoms with van der Waals surface area (Å²) in [6, 6.07) is 68.4. The Bertz CT molecular complexity index is 5650. The van der Waals surface area contributed by atoms with Crippen molar-refractivity contribution in [2.75, 3.05) is 0 Å². The monoisotopic (exact) mass is 1410 g/mol. The van der Waals surface area contributed by atoms with Gasteiger partial charge in [0, 0.05) is 90.2 Å². The van der Waals surface area contributed by atoms with Crippen LogP contribution < -0.4 is 0 Å². The Balaban J connectivity index is 0.000000143. The highest BCUT2D eigenvalue weighted by Gasteiger charge is 2.44. The van der Waals surface area contributed by atoms with Gasteiger partial charge in [0.25, 0.3) is 47.3 Å². The minimum absolute atomic E-state index is 0.0457. The van der Waals surface area contributed by atoms with Gasteiger partial charge in [-0.15, -0.1) is 0 Å². The van der Waals surface area contributed by atoms with Crippen molar-refractivity contribution in [2.24, 2.45) is 0 Å². The van der Waals surface area contributed by atoms with E-state index in [-0.39, 0.29) is 71.4 Å². The number of fused-ring (bicyclic) bond motifs is 3. The molecule has 21 rings (SSSR count). The molecular weight excluding hydrogens is 1340 g/mol. The van der Waals surface area contributed by atoms with Gasteiger partial charge in [-0.1, -0.05) is 235 Å². The van der Waals surface area contributed by atoms with Crippen molar-refractivity contribution in [1.29, 1.82) is 0 Å². The molecule has 4 heterocycles. The second kappa shape index (κ2) is 26.0. The van der Waals surface area contributed by atoms with Crippen molar-refractivity contribution in [3.63, 3.8) is 0 Å². The lowest BCUT2D eigenvalue weighted by Crippen LogP contribution is -2.47. The van der Waals surface area contributed by atoms with Gasteiger partial charge < -0.3 is 0 Å². The van der Waals surface area contributed by atoms with Crippen LogP contribution >= 0.6 is 0 Å². The molecule has 13 aromatic carbocycles. The fourth-order valence-electron chi connectivity index (χ4n) is 20.5. The number of hydrogen-bond acceptors (Lipinski definition) is 8. The lowest BCUT2D eigenvalue weighted by atomic mass is 9.81. The van der Waals surface area contributed by atoms with Gasteiger partial charge in [0.15, 0.2) is 0 Å². The highest BCUT2D eigenvalue weighted by molar-refractivity contribution is 6.34. The quantitative estimate of drug-likeness (QED) is 0.108. The molecule has 0 saturated heterocycles. The molecule has 0 radical (unpaired) electrons. The van der Waals surface area contributed by atoms with E-state index in [0.29, 0.717) is 44.5 Å². The summed E-state index contributed by atoms with van der Waals surface area (Å²) in [5.74, 6) is -1.51. The number of benzene rings is 13. The first kappa shape index (κ1) is 65.7. The van der Waals surface area contributed by atoms with Crippen molar-refractivity contribution in [3.8, 4) is 44.5 Å². The van der Waals surface area contributed by atoms with Crippen LogP contribution in [0.1, 0.15) is 211 Å².